The summed E-state index contributed by atoms with van der Waals surface area (Å²) in [6.45, 7) is -1.40. The topological polar surface area (TPSA) is 49.5 Å². The number of hydrogen-bond donors (Lipinski definition) is 2. The van der Waals surface area contributed by atoms with Crippen LogP contribution >= 0.6 is 27.3 Å². The molecular formula is C10H14BrF3N2OS. The molecule has 0 radical (unpaired) electrons. The molecule has 104 valence electrons. The molecule has 3 nitrogen and oxygen atoms in total. The summed E-state index contributed by atoms with van der Waals surface area (Å²) in [5.41, 5.74) is 5.56. The molecule has 0 spiro atoms. The second-order valence-corrected chi connectivity index (χ2v) is 6.20. The van der Waals surface area contributed by atoms with E-state index in [-0.39, 0.29) is 19.7 Å². The van der Waals surface area contributed by atoms with Crippen LogP contribution in [-0.2, 0) is 0 Å². The molecule has 0 amide bonds. The SMILES string of the molecule is NCC(c1ccc(Br)s1)N(CCO)CC(F)(F)F. The highest BCUT2D eigenvalue weighted by molar-refractivity contribution is 9.11. The third kappa shape index (κ3) is 4.85. The summed E-state index contributed by atoms with van der Waals surface area (Å²) in [4.78, 5) is 1.90. The van der Waals surface area contributed by atoms with Crippen molar-refractivity contribution in [1.82, 2.24) is 4.90 Å². The van der Waals surface area contributed by atoms with Gasteiger partial charge in [-0.25, -0.2) is 0 Å². The third-order valence-corrected chi connectivity index (χ3v) is 4.08. The second kappa shape index (κ2) is 6.85. The number of aliphatic hydroxyl groups excluding tert-OH is 1. The monoisotopic (exact) mass is 346 g/mol. The van der Waals surface area contributed by atoms with Crippen LogP contribution in [0.4, 0.5) is 13.2 Å². The number of rotatable bonds is 6. The highest BCUT2D eigenvalue weighted by atomic mass is 79.9. The molecule has 0 aliphatic rings. The van der Waals surface area contributed by atoms with Crippen LogP contribution in [0.2, 0.25) is 0 Å². The van der Waals surface area contributed by atoms with E-state index in [1.807, 2.05) is 0 Å². The molecule has 0 saturated heterocycles. The number of nitrogens with two attached hydrogens (primary N) is 1. The predicted octanol–water partition coefficient (Wildman–Crippen LogP) is 2.37. The van der Waals surface area contributed by atoms with Crippen molar-refractivity contribution in [3.63, 3.8) is 0 Å². The van der Waals surface area contributed by atoms with E-state index < -0.39 is 18.8 Å². The van der Waals surface area contributed by atoms with E-state index in [0.29, 0.717) is 0 Å². The summed E-state index contributed by atoms with van der Waals surface area (Å²) in [5, 5.41) is 8.87. The van der Waals surface area contributed by atoms with E-state index in [1.165, 1.54) is 11.3 Å². The van der Waals surface area contributed by atoms with E-state index in [1.54, 1.807) is 12.1 Å². The fourth-order valence-electron chi connectivity index (χ4n) is 1.66. The number of alkyl halides is 3. The van der Waals surface area contributed by atoms with Gasteiger partial charge < -0.3 is 10.8 Å². The van der Waals surface area contributed by atoms with Gasteiger partial charge in [-0.05, 0) is 28.1 Å². The van der Waals surface area contributed by atoms with Crippen LogP contribution in [-0.4, -0.2) is 42.4 Å². The summed E-state index contributed by atoms with van der Waals surface area (Å²) in [6.07, 6.45) is -4.31. The molecule has 0 bridgehead atoms. The molecule has 0 fully saturated rings. The van der Waals surface area contributed by atoms with E-state index in [9.17, 15) is 13.2 Å². The van der Waals surface area contributed by atoms with Gasteiger partial charge in [-0.3, -0.25) is 4.90 Å². The van der Waals surface area contributed by atoms with Gasteiger partial charge in [0.15, 0.2) is 0 Å². The lowest BCUT2D eigenvalue weighted by Gasteiger charge is -2.30. The number of thiophene rings is 1. The second-order valence-electron chi connectivity index (χ2n) is 3.70. The Labute approximate surface area is 116 Å². The van der Waals surface area contributed by atoms with E-state index in [0.717, 1.165) is 13.6 Å². The maximum atomic E-state index is 12.5. The third-order valence-electron chi connectivity index (χ3n) is 2.36. The van der Waals surface area contributed by atoms with E-state index >= 15 is 0 Å². The van der Waals surface area contributed by atoms with Gasteiger partial charge in [-0.1, -0.05) is 0 Å². The Morgan fingerprint density at radius 3 is 2.50 bits per heavy atom. The van der Waals surface area contributed by atoms with Crippen molar-refractivity contribution in [1.29, 1.82) is 0 Å². The van der Waals surface area contributed by atoms with Crippen LogP contribution in [0.15, 0.2) is 15.9 Å². The van der Waals surface area contributed by atoms with Crippen molar-refractivity contribution in [3.8, 4) is 0 Å². The molecule has 0 aliphatic heterocycles. The Kier molecular flexibility index (Phi) is 6.06. The summed E-state index contributed by atoms with van der Waals surface area (Å²) in [7, 11) is 0. The molecule has 1 atom stereocenters. The minimum Gasteiger partial charge on any atom is -0.395 e. The molecular weight excluding hydrogens is 333 g/mol. The minimum atomic E-state index is -4.31. The van der Waals surface area contributed by atoms with Crippen LogP contribution < -0.4 is 5.73 Å². The van der Waals surface area contributed by atoms with Crippen LogP contribution in [0, 0.1) is 0 Å². The molecule has 0 aliphatic carbocycles. The molecule has 1 aromatic heterocycles. The first-order valence-corrected chi connectivity index (χ1v) is 6.85. The van der Waals surface area contributed by atoms with Gasteiger partial charge in [-0.2, -0.15) is 13.2 Å². The highest BCUT2D eigenvalue weighted by Crippen LogP contribution is 2.31. The standard InChI is InChI=1S/C10H14BrF3N2OS/c11-9-2-1-8(18-9)7(5-15)16(3-4-17)6-10(12,13)14/h1-2,7,17H,3-6,15H2. The van der Waals surface area contributed by atoms with Gasteiger partial charge >= 0.3 is 6.18 Å². The Morgan fingerprint density at radius 2 is 2.11 bits per heavy atom. The molecule has 1 heterocycles. The maximum absolute atomic E-state index is 12.5. The van der Waals surface area contributed by atoms with Crippen molar-refractivity contribution in [2.75, 3.05) is 26.2 Å². The zero-order valence-corrected chi connectivity index (χ0v) is 11.9. The summed E-state index contributed by atoms with van der Waals surface area (Å²) in [6, 6.07) is 2.98. The normalized spacial score (nSPS) is 14.2. The zero-order valence-electron chi connectivity index (χ0n) is 9.45. The first kappa shape index (κ1) is 15.9. The highest BCUT2D eigenvalue weighted by Gasteiger charge is 2.34. The fraction of sp³-hybridized carbons (Fsp3) is 0.600. The Hall–Kier alpha value is -0.150. The summed E-state index contributed by atoms with van der Waals surface area (Å²) < 4.78 is 38.3. The van der Waals surface area contributed by atoms with Crippen molar-refractivity contribution < 1.29 is 18.3 Å². The molecule has 1 rings (SSSR count). The average molecular weight is 347 g/mol. The quantitative estimate of drug-likeness (QED) is 0.831. The average Bonchev–Trinajstić information content (AvgIpc) is 2.64. The largest absolute Gasteiger partial charge is 0.401 e. The number of hydrogen-bond acceptors (Lipinski definition) is 4. The van der Waals surface area contributed by atoms with Crippen LogP contribution in [0.3, 0.4) is 0 Å². The molecule has 1 aromatic rings. The molecule has 8 heteroatoms. The van der Waals surface area contributed by atoms with Crippen molar-refractivity contribution in [3.05, 3.63) is 20.8 Å². The van der Waals surface area contributed by atoms with Crippen molar-refractivity contribution in [2.45, 2.75) is 12.2 Å². The Balaban J connectivity index is 2.86. The predicted molar refractivity (Wildman–Crippen MR) is 68.5 cm³/mol. The lowest BCUT2D eigenvalue weighted by atomic mass is 10.2. The Morgan fingerprint density at radius 1 is 1.44 bits per heavy atom. The van der Waals surface area contributed by atoms with Crippen LogP contribution in [0.5, 0.6) is 0 Å². The first-order valence-electron chi connectivity index (χ1n) is 5.24. The van der Waals surface area contributed by atoms with Crippen LogP contribution in [0.25, 0.3) is 0 Å². The van der Waals surface area contributed by atoms with Crippen molar-refractivity contribution in [2.24, 2.45) is 5.73 Å². The van der Waals surface area contributed by atoms with E-state index in [4.69, 9.17) is 10.8 Å². The van der Waals surface area contributed by atoms with Gasteiger partial charge in [0.25, 0.3) is 0 Å². The van der Waals surface area contributed by atoms with Gasteiger partial charge in [0.05, 0.1) is 23.0 Å². The molecule has 0 aromatic carbocycles. The first-order chi connectivity index (χ1) is 8.37. The maximum Gasteiger partial charge on any atom is 0.401 e. The van der Waals surface area contributed by atoms with Crippen molar-refractivity contribution >= 4 is 27.3 Å². The lowest BCUT2D eigenvalue weighted by molar-refractivity contribution is -0.151. The molecule has 0 saturated carbocycles. The van der Waals surface area contributed by atoms with Gasteiger partial charge in [0, 0.05) is 18.0 Å². The van der Waals surface area contributed by atoms with E-state index in [2.05, 4.69) is 15.9 Å². The molecule has 3 N–H and O–H groups in total. The Bertz CT molecular complexity index is 372. The molecule has 18 heavy (non-hydrogen) atoms. The van der Waals surface area contributed by atoms with Gasteiger partial charge in [0.1, 0.15) is 0 Å². The van der Waals surface area contributed by atoms with Gasteiger partial charge in [-0.15, -0.1) is 11.3 Å². The number of aliphatic hydroxyl groups is 1. The zero-order chi connectivity index (χ0) is 13.8. The number of halogens is 4. The van der Waals surface area contributed by atoms with Gasteiger partial charge in [0.2, 0.25) is 0 Å². The van der Waals surface area contributed by atoms with Crippen LogP contribution in [0.1, 0.15) is 10.9 Å². The smallest absolute Gasteiger partial charge is 0.395 e. The summed E-state index contributed by atoms with van der Waals surface area (Å²) in [5.74, 6) is 0. The minimum absolute atomic E-state index is 0.0586. The lowest BCUT2D eigenvalue weighted by Crippen LogP contribution is -2.41. The fourth-order valence-corrected chi connectivity index (χ4v) is 3.23. The number of nitrogens with zero attached hydrogens (tertiary/aromatic N) is 1. The summed E-state index contributed by atoms with van der Waals surface area (Å²) >= 11 is 4.61. The molecule has 1 unspecified atom stereocenters.